The van der Waals surface area contributed by atoms with E-state index in [1.165, 1.54) is 29.5 Å². The highest BCUT2D eigenvalue weighted by molar-refractivity contribution is 6.58. The maximum Gasteiger partial charge on any atom is 0.488 e. The van der Waals surface area contributed by atoms with Crippen molar-refractivity contribution >= 4 is 12.6 Å². The number of halogens is 1. The molecule has 0 unspecified atom stereocenters. The Labute approximate surface area is 85.0 Å². The Hall–Kier alpha value is -1.73. The van der Waals surface area contributed by atoms with Gasteiger partial charge in [0.05, 0.1) is 0 Å². The summed E-state index contributed by atoms with van der Waals surface area (Å²) < 4.78 is 14.6. The van der Waals surface area contributed by atoms with Crippen molar-refractivity contribution in [2.45, 2.75) is 0 Å². The molecule has 0 fully saturated rings. The molecule has 0 amide bonds. The predicted molar refractivity (Wildman–Crippen MR) is 51.1 cm³/mol. The van der Waals surface area contributed by atoms with Gasteiger partial charge in [-0.25, -0.2) is 14.1 Å². The number of hydrogen-bond acceptors (Lipinski definition) is 4. The minimum Gasteiger partial charge on any atom is -0.423 e. The molecule has 1 heterocycles. The second-order valence-corrected chi connectivity index (χ2v) is 2.92. The molecule has 0 aliphatic rings. The Morgan fingerprint density at radius 1 is 1.33 bits per heavy atom. The fourth-order valence-electron chi connectivity index (χ4n) is 1.20. The third kappa shape index (κ3) is 1.88. The summed E-state index contributed by atoms with van der Waals surface area (Å²) >= 11 is 0. The van der Waals surface area contributed by atoms with Crippen LogP contribution in [-0.2, 0) is 0 Å². The van der Waals surface area contributed by atoms with Crippen molar-refractivity contribution in [1.29, 1.82) is 0 Å². The van der Waals surface area contributed by atoms with Crippen molar-refractivity contribution < 1.29 is 14.4 Å². The summed E-state index contributed by atoms with van der Waals surface area (Å²) in [6, 6.07) is 3.74. The van der Waals surface area contributed by atoms with E-state index >= 15 is 0 Å². The maximum absolute atomic E-state index is 13.3. The molecule has 7 heteroatoms. The van der Waals surface area contributed by atoms with Crippen LogP contribution < -0.4 is 5.46 Å². The van der Waals surface area contributed by atoms with Gasteiger partial charge in [-0.1, -0.05) is 6.07 Å². The van der Waals surface area contributed by atoms with Crippen LogP contribution in [0.3, 0.4) is 0 Å². The lowest BCUT2D eigenvalue weighted by Crippen LogP contribution is -2.30. The highest BCUT2D eigenvalue weighted by atomic mass is 19.1. The van der Waals surface area contributed by atoms with E-state index in [-0.39, 0.29) is 11.2 Å². The summed E-state index contributed by atoms with van der Waals surface area (Å²) in [6.45, 7) is 0. The first kappa shape index (κ1) is 9.82. The third-order valence-electron chi connectivity index (χ3n) is 1.93. The van der Waals surface area contributed by atoms with E-state index < -0.39 is 12.9 Å². The van der Waals surface area contributed by atoms with Gasteiger partial charge >= 0.3 is 7.12 Å². The molecule has 2 rings (SSSR count). The highest BCUT2D eigenvalue weighted by Gasteiger charge is 2.14. The summed E-state index contributed by atoms with van der Waals surface area (Å²) in [4.78, 5) is 3.67. The Morgan fingerprint density at radius 3 is 2.73 bits per heavy atom. The van der Waals surface area contributed by atoms with Crippen molar-refractivity contribution in [1.82, 2.24) is 14.8 Å². The second-order valence-electron chi connectivity index (χ2n) is 2.92. The smallest absolute Gasteiger partial charge is 0.423 e. The van der Waals surface area contributed by atoms with Crippen LogP contribution in [0.1, 0.15) is 0 Å². The Kier molecular flexibility index (Phi) is 2.48. The van der Waals surface area contributed by atoms with Gasteiger partial charge in [0.1, 0.15) is 24.2 Å². The van der Waals surface area contributed by atoms with Gasteiger partial charge in [0, 0.05) is 0 Å². The first-order valence-corrected chi connectivity index (χ1v) is 4.19. The predicted octanol–water partition coefficient (Wildman–Crippen LogP) is -0.914. The Bertz CT molecular complexity index is 461. The van der Waals surface area contributed by atoms with Gasteiger partial charge in [0.15, 0.2) is 0 Å². The van der Waals surface area contributed by atoms with E-state index in [0.29, 0.717) is 0 Å². The third-order valence-corrected chi connectivity index (χ3v) is 1.93. The molecule has 0 saturated carbocycles. The number of rotatable bonds is 2. The lowest BCUT2D eigenvalue weighted by molar-refractivity contribution is 0.425. The molecule has 5 nitrogen and oxygen atoms in total. The molecule has 2 aromatic rings. The van der Waals surface area contributed by atoms with Crippen molar-refractivity contribution in [2.75, 3.05) is 0 Å². The zero-order chi connectivity index (χ0) is 10.8. The molecule has 0 atom stereocenters. The first-order chi connectivity index (χ1) is 7.18. The van der Waals surface area contributed by atoms with E-state index in [0.717, 1.165) is 6.07 Å². The van der Waals surface area contributed by atoms with Crippen molar-refractivity contribution in [3.05, 3.63) is 36.7 Å². The van der Waals surface area contributed by atoms with Gasteiger partial charge in [0.25, 0.3) is 0 Å². The quantitative estimate of drug-likeness (QED) is 0.625. The van der Waals surface area contributed by atoms with Crippen molar-refractivity contribution in [3.63, 3.8) is 0 Å². The fourth-order valence-corrected chi connectivity index (χ4v) is 1.20. The molecule has 0 bridgehead atoms. The highest BCUT2D eigenvalue weighted by Crippen LogP contribution is 2.09. The number of hydrogen-bond donors (Lipinski definition) is 2. The van der Waals surface area contributed by atoms with Crippen LogP contribution in [0.2, 0.25) is 0 Å². The largest absolute Gasteiger partial charge is 0.488 e. The molecular formula is C8H7BFN3O2. The summed E-state index contributed by atoms with van der Waals surface area (Å²) in [7, 11) is -1.63. The minimum absolute atomic E-state index is 0.123. The Balaban J connectivity index is 2.51. The molecule has 0 aliphatic carbocycles. The van der Waals surface area contributed by atoms with Gasteiger partial charge in [-0.3, -0.25) is 0 Å². The average molecular weight is 207 g/mol. The van der Waals surface area contributed by atoms with E-state index in [1.54, 1.807) is 0 Å². The lowest BCUT2D eigenvalue weighted by Gasteiger charge is -2.05. The second kappa shape index (κ2) is 3.80. The van der Waals surface area contributed by atoms with Gasteiger partial charge in [-0.2, -0.15) is 5.10 Å². The van der Waals surface area contributed by atoms with Crippen LogP contribution in [0, 0.1) is 5.82 Å². The Morgan fingerprint density at radius 2 is 2.13 bits per heavy atom. The molecule has 1 aromatic carbocycles. The molecule has 0 spiro atoms. The lowest BCUT2D eigenvalue weighted by atomic mass is 9.80. The zero-order valence-electron chi connectivity index (χ0n) is 7.58. The SMILES string of the molecule is OB(O)c1ccc(F)c(-n2cncn2)c1. The molecular weight excluding hydrogens is 200 g/mol. The van der Waals surface area contributed by atoms with Crippen LogP contribution in [0.4, 0.5) is 4.39 Å². The van der Waals surface area contributed by atoms with Gasteiger partial charge in [0.2, 0.25) is 0 Å². The van der Waals surface area contributed by atoms with Crippen LogP contribution in [0.15, 0.2) is 30.9 Å². The van der Waals surface area contributed by atoms with E-state index in [2.05, 4.69) is 10.1 Å². The van der Waals surface area contributed by atoms with Gasteiger partial charge in [-0.05, 0) is 17.6 Å². The number of benzene rings is 1. The summed E-state index contributed by atoms with van der Waals surface area (Å²) in [6.07, 6.45) is 2.59. The van der Waals surface area contributed by atoms with Gasteiger partial charge < -0.3 is 10.0 Å². The molecule has 0 radical (unpaired) electrons. The van der Waals surface area contributed by atoms with Crippen LogP contribution in [0.25, 0.3) is 5.69 Å². The van der Waals surface area contributed by atoms with E-state index in [1.807, 2.05) is 0 Å². The fraction of sp³-hybridized carbons (Fsp3) is 0. The zero-order valence-corrected chi connectivity index (χ0v) is 7.58. The first-order valence-electron chi connectivity index (χ1n) is 4.19. The minimum atomic E-state index is -1.63. The summed E-state index contributed by atoms with van der Waals surface area (Å²) in [5.74, 6) is -0.509. The molecule has 15 heavy (non-hydrogen) atoms. The van der Waals surface area contributed by atoms with Crippen LogP contribution in [0.5, 0.6) is 0 Å². The van der Waals surface area contributed by atoms with Crippen LogP contribution in [-0.4, -0.2) is 31.9 Å². The summed E-state index contributed by atoms with van der Waals surface area (Å²) in [5, 5.41) is 21.6. The topological polar surface area (TPSA) is 71.2 Å². The molecule has 1 aromatic heterocycles. The van der Waals surface area contributed by atoms with Crippen molar-refractivity contribution in [2.24, 2.45) is 0 Å². The number of nitrogens with zero attached hydrogens (tertiary/aromatic N) is 3. The molecule has 0 aliphatic heterocycles. The summed E-state index contributed by atoms with van der Waals surface area (Å²) in [5.41, 5.74) is 0.319. The molecule has 0 saturated heterocycles. The molecule has 76 valence electrons. The van der Waals surface area contributed by atoms with E-state index in [9.17, 15) is 4.39 Å². The monoisotopic (exact) mass is 207 g/mol. The normalized spacial score (nSPS) is 10.3. The van der Waals surface area contributed by atoms with Crippen LogP contribution >= 0.6 is 0 Å². The van der Waals surface area contributed by atoms with Crippen molar-refractivity contribution in [3.8, 4) is 5.69 Å². The average Bonchev–Trinajstić information content (AvgIpc) is 2.71. The van der Waals surface area contributed by atoms with Gasteiger partial charge in [-0.15, -0.1) is 0 Å². The standard InChI is InChI=1S/C8H7BFN3O2/c10-7-2-1-6(9(14)15)3-8(7)13-5-11-4-12-13/h1-5,14-15H. The maximum atomic E-state index is 13.3. The molecule has 2 N–H and O–H groups in total. The number of aromatic nitrogens is 3. The van der Waals surface area contributed by atoms with E-state index in [4.69, 9.17) is 10.0 Å².